The Kier molecular flexibility index (Phi) is 6.78. The van der Waals surface area contributed by atoms with Gasteiger partial charge >= 0.3 is 6.03 Å². The van der Waals surface area contributed by atoms with Gasteiger partial charge in [0.05, 0.1) is 6.61 Å². The second-order valence-corrected chi connectivity index (χ2v) is 6.77. The fourth-order valence-corrected chi connectivity index (χ4v) is 2.98. The molecule has 3 N–H and O–H groups in total. The molecule has 2 rings (SSSR count). The van der Waals surface area contributed by atoms with Crippen molar-refractivity contribution in [1.29, 1.82) is 0 Å². The fourth-order valence-electron chi connectivity index (χ4n) is 2.98. The minimum absolute atomic E-state index is 0.0214. The predicted octanol–water partition coefficient (Wildman–Crippen LogP) is 1.53. The van der Waals surface area contributed by atoms with Crippen LogP contribution in [0.4, 0.5) is 10.5 Å². The first kappa shape index (κ1) is 19.2. The average molecular weight is 348 g/mol. The summed E-state index contributed by atoms with van der Waals surface area (Å²) >= 11 is 0. The van der Waals surface area contributed by atoms with Crippen LogP contribution in [0.15, 0.2) is 24.3 Å². The van der Waals surface area contributed by atoms with Crippen molar-refractivity contribution in [2.24, 2.45) is 5.41 Å². The first-order valence-corrected chi connectivity index (χ1v) is 8.52. The smallest absolute Gasteiger partial charge is 0.321 e. The number of ether oxygens (including phenoxy) is 1. The lowest BCUT2D eigenvalue weighted by Gasteiger charge is -2.37. The number of hydrogen-bond acceptors (Lipinski definition) is 4. The fraction of sp³-hybridized carbons (Fsp3) is 0.556. The molecule has 3 amide bonds. The summed E-state index contributed by atoms with van der Waals surface area (Å²) in [6.07, 6.45) is 1.94. The van der Waals surface area contributed by atoms with E-state index >= 15 is 0 Å². The van der Waals surface area contributed by atoms with Crippen LogP contribution in [-0.2, 0) is 4.74 Å². The number of benzene rings is 1. The van der Waals surface area contributed by atoms with Crippen LogP contribution in [0.3, 0.4) is 0 Å². The number of anilines is 1. The summed E-state index contributed by atoms with van der Waals surface area (Å²) < 4.78 is 5.38. The van der Waals surface area contributed by atoms with Crippen LogP contribution in [0.1, 0.15) is 23.2 Å². The van der Waals surface area contributed by atoms with Crippen molar-refractivity contribution >= 4 is 17.6 Å². The second-order valence-electron chi connectivity index (χ2n) is 6.77. The van der Waals surface area contributed by atoms with E-state index in [-0.39, 0.29) is 17.4 Å². The first-order valence-electron chi connectivity index (χ1n) is 8.52. The third-order valence-corrected chi connectivity index (χ3v) is 4.52. The topological polar surface area (TPSA) is 82.7 Å². The maximum atomic E-state index is 12.5. The van der Waals surface area contributed by atoms with Gasteiger partial charge in [0, 0.05) is 44.4 Å². The van der Waals surface area contributed by atoms with Crippen molar-refractivity contribution in [3.63, 3.8) is 0 Å². The first-order chi connectivity index (χ1) is 12.0. The van der Waals surface area contributed by atoms with E-state index in [0.717, 1.165) is 25.9 Å². The van der Waals surface area contributed by atoms with Gasteiger partial charge in [-0.05, 0) is 44.1 Å². The summed E-state index contributed by atoms with van der Waals surface area (Å²) in [7, 11) is 5.03. The molecule has 1 aliphatic heterocycles. The summed E-state index contributed by atoms with van der Waals surface area (Å²) in [5, 5.41) is 9.12. The van der Waals surface area contributed by atoms with Crippen LogP contribution >= 0.6 is 0 Å². The predicted molar refractivity (Wildman–Crippen MR) is 97.9 cm³/mol. The molecule has 7 nitrogen and oxygen atoms in total. The Bertz CT molecular complexity index is 592. The van der Waals surface area contributed by atoms with Gasteiger partial charge in [0.15, 0.2) is 0 Å². The minimum Gasteiger partial charge on any atom is -0.384 e. The number of carbonyl (C=O) groups is 2. The van der Waals surface area contributed by atoms with Gasteiger partial charge in [0.1, 0.15) is 0 Å². The third-order valence-electron chi connectivity index (χ3n) is 4.52. The number of nitrogens with one attached hydrogen (secondary N) is 3. The summed E-state index contributed by atoms with van der Waals surface area (Å²) in [5.74, 6) is -0.144. The number of nitrogens with zero attached hydrogens (tertiary/aromatic N) is 1. The molecule has 1 aromatic carbocycles. The third kappa shape index (κ3) is 5.44. The van der Waals surface area contributed by atoms with Crippen molar-refractivity contribution in [2.75, 3.05) is 52.8 Å². The van der Waals surface area contributed by atoms with Crippen LogP contribution in [0, 0.1) is 5.41 Å². The summed E-state index contributed by atoms with van der Waals surface area (Å²) in [6.45, 7) is 3.08. The highest BCUT2D eigenvalue weighted by molar-refractivity contribution is 5.96. The number of urea groups is 1. The summed E-state index contributed by atoms with van der Waals surface area (Å²) in [5.41, 5.74) is 1.10. The Morgan fingerprint density at radius 1 is 1.28 bits per heavy atom. The van der Waals surface area contributed by atoms with Gasteiger partial charge in [-0.1, -0.05) is 6.07 Å². The van der Waals surface area contributed by atoms with Crippen molar-refractivity contribution in [3.05, 3.63) is 29.8 Å². The largest absolute Gasteiger partial charge is 0.384 e. The van der Waals surface area contributed by atoms with E-state index in [1.165, 1.54) is 4.90 Å². The molecule has 0 saturated carbocycles. The van der Waals surface area contributed by atoms with Gasteiger partial charge in [-0.2, -0.15) is 0 Å². The van der Waals surface area contributed by atoms with Crippen molar-refractivity contribution in [3.8, 4) is 0 Å². The van der Waals surface area contributed by atoms with Crippen LogP contribution in [-0.4, -0.2) is 64.3 Å². The summed E-state index contributed by atoms with van der Waals surface area (Å²) in [6, 6.07) is 6.72. The Labute approximate surface area is 149 Å². The number of methoxy groups -OCH3 is 1. The molecule has 1 aromatic rings. The molecule has 0 radical (unpaired) electrons. The van der Waals surface area contributed by atoms with Gasteiger partial charge in [0.2, 0.25) is 0 Å². The maximum Gasteiger partial charge on any atom is 0.321 e. The van der Waals surface area contributed by atoms with E-state index in [1.807, 2.05) is 0 Å². The summed E-state index contributed by atoms with van der Waals surface area (Å²) in [4.78, 5) is 25.7. The molecule has 0 spiro atoms. The van der Waals surface area contributed by atoms with E-state index < -0.39 is 0 Å². The number of carbonyl (C=O) groups excluding carboxylic acids is 2. The Hall–Kier alpha value is -2.12. The molecule has 0 unspecified atom stereocenters. The van der Waals surface area contributed by atoms with Gasteiger partial charge in [-0.15, -0.1) is 0 Å². The average Bonchev–Trinajstić information content (AvgIpc) is 2.61. The zero-order valence-corrected chi connectivity index (χ0v) is 15.2. The molecule has 0 atom stereocenters. The zero-order chi connectivity index (χ0) is 18.3. The SMILES string of the molecule is COCC1(CNC(=O)c2cccc(NC(=O)N(C)C)c2)CCNCC1. The van der Waals surface area contributed by atoms with E-state index in [4.69, 9.17) is 4.74 Å². The maximum absolute atomic E-state index is 12.5. The van der Waals surface area contributed by atoms with Gasteiger partial charge in [0.25, 0.3) is 5.91 Å². The van der Waals surface area contributed by atoms with E-state index in [0.29, 0.717) is 24.4 Å². The molecule has 1 saturated heterocycles. The number of rotatable bonds is 6. The monoisotopic (exact) mass is 348 g/mol. The highest BCUT2D eigenvalue weighted by Crippen LogP contribution is 2.28. The molecular formula is C18H28N4O3. The second kappa shape index (κ2) is 8.82. The van der Waals surface area contributed by atoms with Crippen molar-refractivity contribution < 1.29 is 14.3 Å². The lowest BCUT2D eigenvalue weighted by Crippen LogP contribution is -2.47. The van der Waals surface area contributed by atoms with Crippen molar-refractivity contribution in [2.45, 2.75) is 12.8 Å². The Morgan fingerprint density at radius 3 is 2.64 bits per heavy atom. The molecule has 25 heavy (non-hydrogen) atoms. The van der Waals surface area contributed by atoms with E-state index in [1.54, 1.807) is 45.5 Å². The molecule has 0 aromatic heterocycles. The molecule has 0 aliphatic carbocycles. The van der Waals surface area contributed by atoms with E-state index in [9.17, 15) is 9.59 Å². The minimum atomic E-state index is -0.230. The van der Waals surface area contributed by atoms with Crippen LogP contribution in [0.2, 0.25) is 0 Å². The molecule has 1 heterocycles. The number of piperidine rings is 1. The van der Waals surface area contributed by atoms with Gasteiger partial charge < -0.3 is 25.6 Å². The molecular weight excluding hydrogens is 320 g/mol. The standard InChI is InChI=1S/C18H28N4O3/c1-22(2)17(24)21-15-6-4-5-14(11-15)16(23)20-12-18(13-25-3)7-9-19-10-8-18/h4-6,11,19H,7-10,12-13H2,1-3H3,(H,20,23)(H,21,24). The Morgan fingerprint density at radius 2 is 2.00 bits per heavy atom. The van der Waals surface area contributed by atoms with Gasteiger partial charge in [-0.25, -0.2) is 4.79 Å². The number of amides is 3. The molecule has 138 valence electrons. The molecule has 7 heteroatoms. The zero-order valence-electron chi connectivity index (χ0n) is 15.2. The van der Waals surface area contributed by atoms with Crippen LogP contribution in [0.5, 0.6) is 0 Å². The highest BCUT2D eigenvalue weighted by atomic mass is 16.5. The van der Waals surface area contributed by atoms with Crippen LogP contribution < -0.4 is 16.0 Å². The van der Waals surface area contributed by atoms with E-state index in [2.05, 4.69) is 16.0 Å². The lowest BCUT2D eigenvalue weighted by atomic mass is 9.79. The molecule has 0 bridgehead atoms. The number of hydrogen-bond donors (Lipinski definition) is 3. The lowest BCUT2D eigenvalue weighted by molar-refractivity contribution is 0.0512. The quantitative estimate of drug-likeness (QED) is 0.728. The van der Waals surface area contributed by atoms with Gasteiger partial charge in [-0.3, -0.25) is 4.79 Å². The molecule has 1 aliphatic rings. The highest BCUT2D eigenvalue weighted by Gasteiger charge is 2.32. The molecule has 1 fully saturated rings. The van der Waals surface area contributed by atoms with Crippen LogP contribution in [0.25, 0.3) is 0 Å². The Balaban J connectivity index is 1.99. The van der Waals surface area contributed by atoms with Crippen molar-refractivity contribution in [1.82, 2.24) is 15.5 Å². The normalized spacial score (nSPS) is 16.1.